The summed E-state index contributed by atoms with van der Waals surface area (Å²) in [6.07, 6.45) is -1.41. The maximum Gasteiger partial charge on any atom is 0.410 e. The van der Waals surface area contributed by atoms with E-state index in [-0.39, 0.29) is 13.0 Å². The molecule has 3 nitrogen and oxygen atoms in total. The van der Waals surface area contributed by atoms with E-state index in [0.717, 1.165) is 0 Å². The van der Waals surface area contributed by atoms with Crippen molar-refractivity contribution < 1.29 is 18.3 Å². The van der Waals surface area contributed by atoms with E-state index in [1.54, 1.807) is 45.0 Å². The number of alkyl halides is 2. The van der Waals surface area contributed by atoms with Gasteiger partial charge in [0, 0.05) is 24.4 Å². The summed E-state index contributed by atoms with van der Waals surface area (Å²) >= 11 is 6.13. The Morgan fingerprint density at radius 2 is 2.00 bits per heavy atom. The number of carbonyl (C=O) groups is 1. The number of likely N-dealkylation sites (tertiary alicyclic amines) is 1. The van der Waals surface area contributed by atoms with Crippen LogP contribution in [0.4, 0.5) is 13.6 Å². The first kappa shape index (κ1) is 17.0. The zero-order valence-corrected chi connectivity index (χ0v) is 13.7. The second-order valence-electron chi connectivity index (χ2n) is 6.52. The van der Waals surface area contributed by atoms with Crippen molar-refractivity contribution in [2.24, 2.45) is 0 Å². The lowest BCUT2D eigenvalue weighted by Crippen LogP contribution is -2.47. The topological polar surface area (TPSA) is 29.5 Å². The summed E-state index contributed by atoms with van der Waals surface area (Å²) in [5, 5.41) is 0.374. The van der Waals surface area contributed by atoms with Gasteiger partial charge >= 0.3 is 6.09 Å². The molecule has 0 aliphatic carbocycles. The smallest absolute Gasteiger partial charge is 0.410 e. The van der Waals surface area contributed by atoms with Crippen LogP contribution in [0.15, 0.2) is 24.3 Å². The lowest BCUT2D eigenvalue weighted by Gasteiger charge is -2.40. The van der Waals surface area contributed by atoms with Gasteiger partial charge in [-0.1, -0.05) is 29.8 Å². The summed E-state index contributed by atoms with van der Waals surface area (Å²) in [5.41, 5.74) is -0.156. The van der Waals surface area contributed by atoms with Crippen LogP contribution in [0.25, 0.3) is 0 Å². The number of halogens is 3. The molecule has 1 aromatic carbocycles. The Hall–Kier alpha value is -1.36. The highest BCUT2D eigenvalue weighted by Crippen LogP contribution is 2.42. The van der Waals surface area contributed by atoms with Crippen LogP contribution >= 0.6 is 11.6 Å². The van der Waals surface area contributed by atoms with Gasteiger partial charge in [0.2, 0.25) is 0 Å². The molecule has 6 heteroatoms. The Bertz CT molecular complexity index is 557. The first-order valence-electron chi connectivity index (χ1n) is 7.21. The van der Waals surface area contributed by atoms with Gasteiger partial charge in [-0.15, -0.1) is 0 Å². The van der Waals surface area contributed by atoms with E-state index in [0.29, 0.717) is 10.6 Å². The number of hydrogen-bond acceptors (Lipinski definition) is 2. The third-order valence-corrected chi connectivity index (χ3v) is 3.82. The molecule has 0 spiro atoms. The fourth-order valence-corrected chi connectivity index (χ4v) is 2.76. The molecule has 0 bridgehead atoms. The Kier molecular flexibility index (Phi) is 4.66. The fraction of sp³-hybridized carbons (Fsp3) is 0.562. The summed E-state index contributed by atoms with van der Waals surface area (Å²) in [7, 11) is 0. The molecular weight excluding hydrogens is 312 g/mol. The first-order chi connectivity index (χ1) is 10.1. The molecule has 1 fully saturated rings. The summed E-state index contributed by atoms with van der Waals surface area (Å²) in [6, 6.07) is 5.97. The minimum absolute atomic E-state index is 0.0577. The second kappa shape index (κ2) is 6.03. The average Bonchev–Trinajstić information content (AvgIpc) is 2.36. The molecule has 1 amide bonds. The highest BCUT2D eigenvalue weighted by Gasteiger charge is 2.44. The van der Waals surface area contributed by atoms with Crippen molar-refractivity contribution in [2.75, 3.05) is 6.54 Å². The molecule has 1 atom stereocenters. The number of carbonyl (C=O) groups excluding carboxylic acids is 1. The van der Waals surface area contributed by atoms with Crippen LogP contribution in [0, 0.1) is 0 Å². The van der Waals surface area contributed by atoms with Gasteiger partial charge in [-0.05, 0) is 32.4 Å². The predicted octanol–water partition coefficient (Wildman–Crippen LogP) is 5.05. The van der Waals surface area contributed by atoms with Crippen LogP contribution in [-0.2, 0) is 4.74 Å². The quantitative estimate of drug-likeness (QED) is 0.721. The van der Waals surface area contributed by atoms with Crippen molar-refractivity contribution in [1.82, 2.24) is 4.90 Å². The maximum absolute atomic E-state index is 13.8. The molecular formula is C16H20ClF2NO2. The van der Waals surface area contributed by atoms with Crippen LogP contribution in [0.1, 0.15) is 45.2 Å². The Morgan fingerprint density at radius 3 is 2.59 bits per heavy atom. The molecule has 1 saturated heterocycles. The maximum atomic E-state index is 13.8. The van der Waals surface area contributed by atoms with Crippen molar-refractivity contribution in [3.05, 3.63) is 34.9 Å². The van der Waals surface area contributed by atoms with E-state index in [1.807, 2.05) is 0 Å². The van der Waals surface area contributed by atoms with Crippen molar-refractivity contribution in [3.8, 4) is 0 Å². The monoisotopic (exact) mass is 331 g/mol. The zero-order chi connectivity index (χ0) is 16.5. The Balaban J connectivity index is 2.31. The van der Waals surface area contributed by atoms with E-state index in [2.05, 4.69) is 0 Å². The zero-order valence-electron chi connectivity index (χ0n) is 12.9. The van der Waals surface area contributed by atoms with Gasteiger partial charge in [0.25, 0.3) is 5.92 Å². The summed E-state index contributed by atoms with van der Waals surface area (Å²) in [4.78, 5) is 13.7. The minimum Gasteiger partial charge on any atom is -0.444 e. The molecule has 1 aliphatic heterocycles. The van der Waals surface area contributed by atoms with Crippen LogP contribution in [0.3, 0.4) is 0 Å². The standard InChI is InChI=1S/C16H20ClF2NO2/c1-15(2,3)22-14(21)20-9-8-16(18,19)10-13(20)11-6-4-5-7-12(11)17/h4-7,13H,8-10H2,1-3H3. The summed E-state index contributed by atoms with van der Waals surface area (Å²) in [6.45, 7) is 5.17. The van der Waals surface area contributed by atoms with Gasteiger partial charge in [-0.25, -0.2) is 13.6 Å². The van der Waals surface area contributed by atoms with Crippen LogP contribution in [-0.4, -0.2) is 29.1 Å². The van der Waals surface area contributed by atoms with Crippen LogP contribution in [0.5, 0.6) is 0 Å². The largest absolute Gasteiger partial charge is 0.444 e. The lowest BCUT2D eigenvalue weighted by atomic mass is 9.93. The average molecular weight is 332 g/mol. The van der Waals surface area contributed by atoms with Crippen LogP contribution < -0.4 is 0 Å². The number of nitrogens with zero attached hydrogens (tertiary/aromatic N) is 1. The molecule has 1 aliphatic rings. The van der Waals surface area contributed by atoms with E-state index in [9.17, 15) is 13.6 Å². The predicted molar refractivity (Wildman–Crippen MR) is 81.3 cm³/mol. The molecule has 0 radical (unpaired) electrons. The van der Waals surface area contributed by atoms with Crippen molar-refractivity contribution in [3.63, 3.8) is 0 Å². The number of hydrogen-bond donors (Lipinski definition) is 0. The molecule has 1 aromatic rings. The van der Waals surface area contributed by atoms with E-state index < -0.39 is 30.1 Å². The molecule has 22 heavy (non-hydrogen) atoms. The SMILES string of the molecule is CC(C)(C)OC(=O)N1CCC(F)(F)CC1c1ccccc1Cl. The third kappa shape index (κ3) is 4.09. The second-order valence-corrected chi connectivity index (χ2v) is 6.93. The van der Waals surface area contributed by atoms with Gasteiger partial charge in [0.1, 0.15) is 5.60 Å². The number of amides is 1. The normalized spacial score (nSPS) is 21.5. The van der Waals surface area contributed by atoms with E-state index in [4.69, 9.17) is 16.3 Å². The van der Waals surface area contributed by atoms with Crippen LogP contribution in [0.2, 0.25) is 5.02 Å². The molecule has 1 heterocycles. The van der Waals surface area contributed by atoms with Crippen molar-refractivity contribution in [1.29, 1.82) is 0 Å². The first-order valence-corrected chi connectivity index (χ1v) is 7.59. The molecule has 0 aromatic heterocycles. The molecule has 2 rings (SSSR count). The highest BCUT2D eigenvalue weighted by atomic mass is 35.5. The Labute approximate surface area is 134 Å². The van der Waals surface area contributed by atoms with Gasteiger partial charge in [-0.2, -0.15) is 0 Å². The van der Waals surface area contributed by atoms with Gasteiger partial charge in [0.15, 0.2) is 0 Å². The summed E-state index contributed by atoms with van der Waals surface area (Å²) in [5.74, 6) is -2.82. The van der Waals surface area contributed by atoms with Crippen molar-refractivity contribution in [2.45, 2.75) is 51.2 Å². The van der Waals surface area contributed by atoms with E-state index >= 15 is 0 Å². The van der Waals surface area contributed by atoms with Crippen molar-refractivity contribution >= 4 is 17.7 Å². The van der Waals surface area contributed by atoms with Gasteiger partial charge < -0.3 is 9.64 Å². The van der Waals surface area contributed by atoms with E-state index in [1.165, 1.54) is 4.90 Å². The third-order valence-electron chi connectivity index (χ3n) is 3.48. The Morgan fingerprint density at radius 1 is 1.36 bits per heavy atom. The molecule has 0 saturated carbocycles. The molecule has 0 N–H and O–H groups in total. The van der Waals surface area contributed by atoms with Gasteiger partial charge in [-0.3, -0.25) is 0 Å². The molecule has 122 valence electrons. The number of piperidine rings is 1. The number of benzene rings is 1. The van der Waals surface area contributed by atoms with Gasteiger partial charge in [0.05, 0.1) is 6.04 Å². The summed E-state index contributed by atoms with van der Waals surface area (Å²) < 4.78 is 33.0. The number of ether oxygens (including phenoxy) is 1. The minimum atomic E-state index is -2.82. The number of rotatable bonds is 1. The molecule has 1 unspecified atom stereocenters. The highest BCUT2D eigenvalue weighted by molar-refractivity contribution is 6.31. The fourth-order valence-electron chi connectivity index (χ4n) is 2.50. The lowest BCUT2D eigenvalue weighted by molar-refractivity contribution is -0.0808.